The largest absolute Gasteiger partial charge is 0.299 e. The molecular weight excluding hydrogens is 180 g/mol. The fourth-order valence-corrected chi connectivity index (χ4v) is 1.71. The Morgan fingerprint density at radius 3 is 2.85 bits per heavy atom. The standard InChI is InChI=1S/C11H20OS/c1-4-5-6-7-11(12)10(2)8-9-13-3/h4,10H,1,5-9H2,2-3H3/t10-/m0/s1. The summed E-state index contributed by atoms with van der Waals surface area (Å²) >= 11 is 1.81. The number of rotatable bonds is 8. The lowest BCUT2D eigenvalue weighted by atomic mass is 9.99. The molecule has 0 spiro atoms. The molecule has 2 heteroatoms. The highest BCUT2D eigenvalue weighted by molar-refractivity contribution is 7.98. The van der Waals surface area contributed by atoms with Crippen LogP contribution in [0.4, 0.5) is 0 Å². The van der Waals surface area contributed by atoms with E-state index in [9.17, 15) is 4.79 Å². The van der Waals surface area contributed by atoms with E-state index >= 15 is 0 Å². The molecule has 0 saturated carbocycles. The number of ketones is 1. The second-order valence-corrected chi connectivity index (χ2v) is 4.32. The first-order valence-electron chi connectivity index (χ1n) is 4.85. The quantitative estimate of drug-likeness (QED) is 0.442. The van der Waals surface area contributed by atoms with Crippen LogP contribution in [0.15, 0.2) is 12.7 Å². The fraction of sp³-hybridized carbons (Fsp3) is 0.727. The van der Waals surface area contributed by atoms with Crippen molar-refractivity contribution in [2.24, 2.45) is 5.92 Å². The Bertz CT molecular complexity index is 154. The molecule has 0 fully saturated rings. The lowest BCUT2D eigenvalue weighted by molar-refractivity contribution is -0.122. The van der Waals surface area contributed by atoms with Crippen molar-refractivity contribution < 1.29 is 4.79 Å². The zero-order chi connectivity index (χ0) is 10.1. The van der Waals surface area contributed by atoms with E-state index in [1.165, 1.54) is 0 Å². The van der Waals surface area contributed by atoms with Gasteiger partial charge in [-0.05, 0) is 31.3 Å². The van der Waals surface area contributed by atoms with E-state index in [0.29, 0.717) is 5.78 Å². The maximum atomic E-state index is 11.5. The van der Waals surface area contributed by atoms with E-state index in [0.717, 1.165) is 31.4 Å². The number of carbonyl (C=O) groups excluding carboxylic acids is 1. The van der Waals surface area contributed by atoms with Gasteiger partial charge in [-0.25, -0.2) is 0 Å². The summed E-state index contributed by atoms with van der Waals surface area (Å²) < 4.78 is 0. The van der Waals surface area contributed by atoms with Gasteiger partial charge in [0, 0.05) is 12.3 Å². The number of unbranched alkanes of at least 4 members (excludes halogenated alkanes) is 1. The molecule has 76 valence electrons. The highest BCUT2D eigenvalue weighted by Crippen LogP contribution is 2.11. The normalized spacial score (nSPS) is 12.5. The zero-order valence-corrected chi connectivity index (χ0v) is 9.53. The van der Waals surface area contributed by atoms with Gasteiger partial charge in [-0.1, -0.05) is 13.0 Å². The summed E-state index contributed by atoms with van der Waals surface area (Å²) in [6.07, 6.45) is 7.62. The van der Waals surface area contributed by atoms with Crippen molar-refractivity contribution in [3.8, 4) is 0 Å². The smallest absolute Gasteiger partial charge is 0.135 e. The Kier molecular flexibility index (Phi) is 8.21. The number of hydrogen-bond acceptors (Lipinski definition) is 2. The highest BCUT2D eigenvalue weighted by atomic mass is 32.2. The molecule has 0 aromatic rings. The minimum absolute atomic E-state index is 0.247. The van der Waals surface area contributed by atoms with Gasteiger partial charge in [0.2, 0.25) is 0 Å². The van der Waals surface area contributed by atoms with Crippen molar-refractivity contribution in [2.75, 3.05) is 12.0 Å². The Labute approximate surface area is 86.0 Å². The molecule has 0 aliphatic carbocycles. The van der Waals surface area contributed by atoms with Crippen LogP contribution in [0.5, 0.6) is 0 Å². The Balaban J connectivity index is 3.50. The maximum absolute atomic E-state index is 11.5. The van der Waals surface area contributed by atoms with E-state index in [2.05, 4.69) is 12.8 Å². The molecule has 0 aliphatic rings. The maximum Gasteiger partial charge on any atom is 0.135 e. The van der Waals surface area contributed by atoms with Gasteiger partial charge in [0.05, 0.1) is 0 Å². The Hall–Kier alpha value is -0.240. The molecule has 0 heterocycles. The average Bonchev–Trinajstić information content (AvgIpc) is 2.14. The van der Waals surface area contributed by atoms with Gasteiger partial charge >= 0.3 is 0 Å². The van der Waals surface area contributed by atoms with Crippen molar-refractivity contribution in [3.05, 3.63) is 12.7 Å². The molecule has 0 unspecified atom stereocenters. The Morgan fingerprint density at radius 1 is 1.62 bits per heavy atom. The highest BCUT2D eigenvalue weighted by Gasteiger charge is 2.10. The summed E-state index contributed by atoms with van der Waals surface area (Å²) in [5.74, 6) is 1.75. The van der Waals surface area contributed by atoms with Crippen LogP contribution in [0.1, 0.15) is 32.6 Å². The zero-order valence-electron chi connectivity index (χ0n) is 8.71. The van der Waals surface area contributed by atoms with Crippen LogP contribution in [0.25, 0.3) is 0 Å². The first-order valence-corrected chi connectivity index (χ1v) is 6.24. The van der Waals surface area contributed by atoms with Crippen molar-refractivity contribution >= 4 is 17.5 Å². The predicted octanol–water partition coefficient (Wildman–Crippen LogP) is 3.30. The van der Waals surface area contributed by atoms with Gasteiger partial charge in [0.25, 0.3) is 0 Å². The number of thioether (sulfide) groups is 1. The molecule has 0 aromatic carbocycles. The van der Waals surface area contributed by atoms with Crippen molar-refractivity contribution in [3.63, 3.8) is 0 Å². The summed E-state index contributed by atoms with van der Waals surface area (Å²) in [6, 6.07) is 0. The second-order valence-electron chi connectivity index (χ2n) is 3.33. The van der Waals surface area contributed by atoms with Gasteiger partial charge in [0.15, 0.2) is 0 Å². The molecule has 0 saturated heterocycles. The number of hydrogen-bond donors (Lipinski definition) is 0. The second kappa shape index (κ2) is 8.36. The van der Waals surface area contributed by atoms with Crippen molar-refractivity contribution in [2.45, 2.75) is 32.6 Å². The molecule has 0 radical (unpaired) electrons. The first kappa shape index (κ1) is 12.8. The minimum Gasteiger partial charge on any atom is -0.299 e. The summed E-state index contributed by atoms with van der Waals surface area (Å²) in [6.45, 7) is 5.67. The van der Waals surface area contributed by atoms with E-state index in [1.54, 1.807) is 0 Å². The van der Waals surface area contributed by atoms with Gasteiger partial charge in [0.1, 0.15) is 5.78 Å². The molecule has 1 nitrogen and oxygen atoms in total. The predicted molar refractivity (Wildman–Crippen MR) is 61.2 cm³/mol. The monoisotopic (exact) mass is 200 g/mol. The average molecular weight is 200 g/mol. The van der Waals surface area contributed by atoms with Crippen LogP contribution < -0.4 is 0 Å². The molecule has 0 aliphatic heterocycles. The number of carbonyl (C=O) groups is 1. The topological polar surface area (TPSA) is 17.1 Å². The van der Waals surface area contributed by atoms with Crippen LogP contribution >= 0.6 is 11.8 Å². The summed E-state index contributed by atoms with van der Waals surface area (Å²) in [5, 5.41) is 0. The van der Waals surface area contributed by atoms with E-state index < -0.39 is 0 Å². The van der Waals surface area contributed by atoms with Gasteiger partial charge in [-0.3, -0.25) is 4.79 Å². The molecular formula is C11H20OS. The lowest BCUT2D eigenvalue weighted by Gasteiger charge is -2.08. The SMILES string of the molecule is C=CCCCC(=O)[C@@H](C)CCSC. The first-order chi connectivity index (χ1) is 6.22. The van der Waals surface area contributed by atoms with Crippen LogP contribution in [0.2, 0.25) is 0 Å². The van der Waals surface area contributed by atoms with E-state index in [-0.39, 0.29) is 5.92 Å². The van der Waals surface area contributed by atoms with Crippen molar-refractivity contribution in [1.29, 1.82) is 0 Å². The molecule has 13 heavy (non-hydrogen) atoms. The molecule has 1 atom stereocenters. The molecule has 0 N–H and O–H groups in total. The van der Waals surface area contributed by atoms with Crippen LogP contribution in [0.3, 0.4) is 0 Å². The minimum atomic E-state index is 0.247. The summed E-state index contributed by atoms with van der Waals surface area (Å²) in [4.78, 5) is 11.5. The molecule has 0 aromatic heterocycles. The van der Waals surface area contributed by atoms with Crippen molar-refractivity contribution in [1.82, 2.24) is 0 Å². The Morgan fingerprint density at radius 2 is 2.31 bits per heavy atom. The molecule has 0 bridgehead atoms. The van der Waals surface area contributed by atoms with E-state index in [1.807, 2.05) is 24.8 Å². The lowest BCUT2D eigenvalue weighted by Crippen LogP contribution is -2.11. The molecule has 0 amide bonds. The third kappa shape index (κ3) is 6.88. The summed E-state index contributed by atoms with van der Waals surface area (Å²) in [5.41, 5.74) is 0. The number of Topliss-reactive ketones (excluding diaryl/α,β-unsaturated/α-hetero) is 1. The summed E-state index contributed by atoms with van der Waals surface area (Å²) in [7, 11) is 0. The van der Waals surface area contributed by atoms with Crippen LogP contribution in [-0.2, 0) is 4.79 Å². The third-order valence-electron chi connectivity index (χ3n) is 2.14. The van der Waals surface area contributed by atoms with Crippen LogP contribution in [0, 0.1) is 5.92 Å². The van der Waals surface area contributed by atoms with E-state index in [4.69, 9.17) is 0 Å². The molecule has 0 rings (SSSR count). The third-order valence-corrected chi connectivity index (χ3v) is 2.78. The number of allylic oxidation sites excluding steroid dienone is 1. The van der Waals surface area contributed by atoms with Gasteiger partial charge in [-0.2, -0.15) is 11.8 Å². The fourth-order valence-electron chi connectivity index (χ4n) is 1.12. The van der Waals surface area contributed by atoms with Gasteiger partial charge in [-0.15, -0.1) is 6.58 Å². The van der Waals surface area contributed by atoms with Gasteiger partial charge < -0.3 is 0 Å². The van der Waals surface area contributed by atoms with Crippen LogP contribution in [-0.4, -0.2) is 17.8 Å².